The Balaban J connectivity index is 2.54. The molecule has 0 N–H and O–H groups in total. The molecule has 0 amide bonds. The van der Waals surface area contributed by atoms with Gasteiger partial charge in [0.25, 0.3) is 0 Å². The SMILES string of the molecule is CCn1cnnc1-c1ccc(F)cc1Cl. The zero-order chi connectivity index (χ0) is 10.8. The Labute approximate surface area is 91.5 Å². The average molecular weight is 226 g/mol. The van der Waals surface area contributed by atoms with E-state index in [1.165, 1.54) is 12.1 Å². The van der Waals surface area contributed by atoms with Crippen molar-refractivity contribution < 1.29 is 4.39 Å². The van der Waals surface area contributed by atoms with Crippen LogP contribution in [0.2, 0.25) is 5.02 Å². The Morgan fingerprint density at radius 1 is 1.47 bits per heavy atom. The Kier molecular flexibility index (Phi) is 2.68. The molecule has 1 aromatic heterocycles. The summed E-state index contributed by atoms with van der Waals surface area (Å²) >= 11 is 5.93. The molecule has 0 saturated heterocycles. The monoisotopic (exact) mass is 225 g/mol. The number of hydrogen-bond acceptors (Lipinski definition) is 2. The molecule has 0 fully saturated rings. The van der Waals surface area contributed by atoms with Crippen LogP contribution in [0.4, 0.5) is 4.39 Å². The molecule has 0 aliphatic rings. The molecule has 2 aromatic rings. The molecule has 1 aromatic carbocycles. The standard InChI is InChI=1S/C10H9ClFN3/c1-2-15-6-13-14-10(15)8-4-3-7(12)5-9(8)11/h3-6H,2H2,1H3. The summed E-state index contributed by atoms with van der Waals surface area (Å²) in [6.45, 7) is 2.72. The molecule has 0 aliphatic carbocycles. The molecule has 0 aliphatic heterocycles. The predicted molar refractivity (Wildman–Crippen MR) is 56.1 cm³/mol. The average Bonchev–Trinajstić information content (AvgIpc) is 2.65. The van der Waals surface area contributed by atoms with Crippen molar-refractivity contribution in [1.82, 2.24) is 14.8 Å². The predicted octanol–water partition coefficient (Wildman–Crippen LogP) is 2.76. The molecule has 0 unspecified atom stereocenters. The van der Waals surface area contributed by atoms with Crippen LogP contribution < -0.4 is 0 Å². The van der Waals surface area contributed by atoms with E-state index in [4.69, 9.17) is 11.6 Å². The van der Waals surface area contributed by atoms with Gasteiger partial charge in [-0.2, -0.15) is 0 Å². The van der Waals surface area contributed by atoms with E-state index in [1.54, 1.807) is 12.4 Å². The zero-order valence-corrected chi connectivity index (χ0v) is 8.87. The fraction of sp³-hybridized carbons (Fsp3) is 0.200. The van der Waals surface area contributed by atoms with Gasteiger partial charge in [-0.25, -0.2) is 4.39 Å². The van der Waals surface area contributed by atoms with E-state index < -0.39 is 0 Å². The summed E-state index contributed by atoms with van der Waals surface area (Å²) in [4.78, 5) is 0. The third-order valence-electron chi connectivity index (χ3n) is 2.13. The molecule has 1 heterocycles. The zero-order valence-electron chi connectivity index (χ0n) is 8.11. The molecular formula is C10H9ClFN3. The van der Waals surface area contributed by atoms with Crippen LogP contribution in [-0.4, -0.2) is 14.8 Å². The first-order valence-electron chi connectivity index (χ1n) is 4.55. The van der Waals surface area contributed by atoms with Gasteiger partial charge >= 0.3 is 0 Å². The van der Waals surface area contributed by atoms with E-state index in [0.29, 0.717) is 16.4 Å². The van der Waals surface area contributed by atoms with Gasteiger partial charge in [-0.15, -0.1) is 10.2 Å². The number of aryl methyl sites for hydroxylation is 1. The number of aromatic nitrogens is 3. The van der Waals surface area contributed by atoms with Crippen molar-refractivity contribution in [2.75, 3.05) is 0 Å². The quantitative estimate of drug-likeness (QED) is 0.787. The van der Waals surface area contributed by atoms with E-state index in [9.17, 15) is 4.39 Å². The van der Waals surface area contributed by atoms with E-state index >= 15 is 0 Å². The summed E-state index contributed by atoms with van der Waals surface area (Å²) in [7, 11) is 0. The van der Waals surface area contributed by atoms with Crippen LogP contribution in [-0.2, 0) is 6.54 Å². The molecule has 78 valence electrons. The van der Waals surface area contributed by atoms with Gasteiger partial charge in [0.2, 0.25) is 0 Å². The van der Waals surface area contributed by atoms with Gasteiger partial charge in [0.05, 0.1) is 5.02 Å². The molecule has 0 spiro atoms. The summed E-state index contributed by atoms with van der Waals surface area (Å²) in [6.07, 6.45) is 1.62. The summed E-state index contributed by atoms with van der Waals surface area (Å²) in [5.41, 5.74) is 0.692. The van der Waals surface area contributed by atoms with E-state index in [-0.39, 0.29) is 5.82 Å². The van der Waals surface area contributed by atoms with Crippen molar-refractivity contribution in [1.29, 1.82) is 0 Å². The fourth-order valence-corrected chi connectivity index (χ4v) is 1.62. The van der Waals surface area contributed by atoms with Crippen LogP contribution in [0, 0.1) is 5.82 Å². The highest BCUT2D eigenvalue weighted by atomic mass is 35.5. The first-order valence-corrected chi connectivity index (χ1v) is 4.93. The van der Waals surface area contributed by atoms with Crippen molar-refractivity contribution in [3.8, 4) is 11.4 Å². The van der Waals surface area contributed by atoms with Crippen LogP contribution in [0.25, 0.3) is 11.4 Å². The second-order valence-electron chi connectivity index (χ2n) is 3.06. The third-order valence-corrected chi connectivity index (χ3v) is 2.44. The smallest absolute Gasteiger partial charge is 0.165 e. The Hall–Kier alpha value is -1.42. The third kappa shape index (κ3) is 1.85. The van der Waals surface area contributed by atoms with E-state index in [1.807, 2.05) is 11.5 Å². The first kappa shape index (κ1) is 10.1. The highest BCUT2D eigenvalue weighted by Crippen LogP contribution is 2.26. The van der Waals surface area contributed by atoms with Crippen molar-refractivity contribution in [2.24, 2.45) is 0 Å². The first-order chi connectivity index (χ1) is 7.22. The van der Waals surface area contributed by atoms with Gasteiger partial charge in [-0.3, -0.25) is 0 Å². The summed E-state index contributed by atoms with van der Waals surface area (Å²) in [5, 5.41) is 8.09. The van der Waals surface area contributed by atoms with E-state index in [0.717, 1.165) is 6.54 Å². The maximum absolute atomic E-state index is 12.8. The highest BCUT2D eigenvalue weighted by molar-refractivity contribution is 6.33. The highest BCUT2D eigenvalue weighted by Gasteiger charge is 2.10. The van der Waals surface area contributed by atoms with Crippen LogP contribution in [0.1, 0.15) is 6.92 Å². The molecule has 3 nitrogen and oxygen atoms in total. The number of hydrogen-bond donors (Lipinski definition) is 0. The lowest BCUT2D eigenvalue weighted by Crippen LogP contribution is -1.96. The van der Waals surface area contributed by atoms with Gasteiger partial charge < -0.3 is 4.57 Å². The van der Waals surface area contributed by atoms with Crippen LogP contribution in [0.3, 0.4) is 0 Å². The largest absolute Gasteiger partial charge is 0.314 e. The molecule has 0 saturated carbocycles. The maximum Gasteiger partial charge on any atom is 0.165 e. The van der Waals surface area contributed by atoms with E-state index in [2.05, 4.69) is 10.2 Å². The van der Waals surface area contributed by atoms with Gasteiger partial charge in [0.1, 0.15) is 12.1 Å². The van der Waals surface area contributed by atoms with Crippen LogP contribution >= 0.6 is 11.6 Å². The van der Waals surface area contributed by atoms with Crippen molar-refractivity contribution in [2.45, 2.75) is 13.5 Å². The second kappa shape index (κ2) is 3.98. The van der Waals surface area contributed by atoms with Crippen molar-refractivity contribution in [3.05, 3.63) is 35.4 Å². The summed E-state index contributed by atoms with van der Waals surface area (Å²) in [6, 6.07) is 4.23. The number of halogens is 2. The summed E-state index contributed by atoms with van der Waals surface area (Å²) < 4.78 is 14.7. The molecule has 0 bridgehead atoms. The fourth-order valence-electron chi connectivity index (χ4n) is 1.37. The molecule has 0 atom stereocenters. The Morgan fingerprint density at radius 3 is 2.93 bits per heavy atom. The molecule has 15 heavy (non-hydrogen) atoms. The van der Waals surface area contributed by atoms with Gasteiger partial charge in [0.15, 0.2) is 5.82 Å². The lowest BCUT2D eigenvalue weighted by Gasteiger charge is -2.04. The number of rotatable bonds is 2. The number of benzene rings is 1. The molecule has 5 heteroatoms. The van der Waals surface area contributed by atoms with Gasteiger partial charge in [-0.1, -0.05) is 11.6 Å². The summed E-state index contributed by atoms with van der Waals surface area (Å²) in [5.74, 6) is 0.300. The Bertz CT molecular complexity index is 481. The number of nitrogens with zero attached hydrogens (tertiary/aromatic N) is 3. The lowest BCUT2D eigenvalue weighted by atomic mass is 10.2. The minimum Gasteiger partial charge on any atom is -0.314 e. The minimum absolute atomic E-state index is 0.345. The maximum atomic E-state index is 12.8. The second-order valence-corrected chi connectivity index (χ2v) is 3.47. The minimum atomic E-state index is -0.355. The Morgan fingerprint density at radius 2 is 2.27 bits per heavy atom. The lowest BCUT2D eigenvalue weighted by molar-refractivity contribution is 0.628. The van der Waals surface area contributed by atoms with Gasteiger partial charge in [0, 0.05) is 12.1 Å². The van der Waals surface area contributed by atoms with Gasteiger partial charge in [-0.05, 0) is 25.1 Å². The topological polar surface area (TPSA) is 30.7 Å². The molecule has 2 rings (SSSR count). The molecule has 0 radical (unpaired) electrons. The van der Waals surface area contributed by atoms with Crippen LogP contribution in [0.15, 0.2) is 24.5 Å². The van der Waals surface area contributed by atoms with Crippen molar-refractivity contribution in [3.63, 3.8) is 0 Å². The van der Waals surface area contributed by atoms with Crippen molar-refractivity contribution >= 4 is 11.6 Å². The normalized spacial score (nSPS) is 10.6. The molecular weight excluding hydrogens is 217 g/mol. The van der Waals surface area contributed by atoms with Crippen LogP contribution in [0.5, 0.6) is 0 Å².